The Morgan fingerprint density at radius 3 is 2.27 bits per heavy atom. The number of fused-ring (bicyclic) bond motifs is 1. The third kappa shape index (κ3) is 4.61. The number of hydrogen-bond acceptors (Lipinski definition) is 4. The van der Waals surface area contributed by atoms with E-state index in [0.717, 1.165) is 36.0 Å². The number of amides is 2. The third-order valence-corrected chi connectivity index (χ3v) is 7.90. The van der Waals surface area contributed by atoms with Gasteiger partial charge in [0.2, 0.25) is 5.91 Å². The lowest BCUT2D eigenvalue weighted by Gasteiger charge is -2.34. The molecule has 3 rings (SSSR count). The number of allylic oxidation sites excluding steroid dienone is 2. The highest BCUT2D eigenvalue weighted by Gasteiger charge is 2.37. The molecule has 1 aromatic rings. The van der Waals surface area contributed by atoms with E-state index in [1.54, 1.807) is 11.3 Å². The zero-order chi connectivity index (χ0) is 22.2. The second kappa shape index (κ2) is 8.53. The van der Waals surface area contributed by atoms with Crippen LogP contribution in [0.4, 0.5) is 0 Å². The molecule has 3 atom stereocenters. The van der Waals surface area contributed by atoms with Crippen molar-refractivity contribution in [2.75, 3.05) is 0 Å². The van der Waals surface area contributed by atoms with Gasteiger partial charge < -0.3 is 5.11 Å². The molecule has 0 radical (unpaired) electrons. The fourth-order valence-electron chi connectivity index (χ4n) is 4.55. The first-order valence-electron chi connectivity index (χ1n) is 10.6. The van der Waals surface area contributed by atoms with Crippen LogP contribution in [0.5, 0.6) is 0 Å². The van der Waals surface area contributed by atoms with Crippen LogP contribution in [0.25, 0.3) is 0 Å². The van der Waals surface area contributed by atoms with Crippen LogP contribution in [0.1, 0.15) is 74.7 Å². The first-order valence-corrected chi connectivity index (χ1v) is 11.4. The number of carboxylic acids is 1. The fraction of sp³-hybridized carbons (Fsp3) is 0.609. The number of rotatable bonds is 3. The number of hydrogen-bond donors (Lipinski definition) is 3. The number of carboxylic acid groups (broad SMARTS) is 1. The van der Waals surface area contributed by atoms with Crippen LogP contribution in [0.2, 0.25) is 0 Å². The highest BCUT2D eigenvalue weighted by Crippen LogP contribution is 2.40. The highest BCUT2D eigenvalue weighted by molar-refractivity contribution is 7.10. The minimum Gasteiger partial charge on any atom is -0.481 e. The smallest absolute Gasteiger partial charge is 0.307 e. The Labute approximate surface area is 182 Å². The Hall–Kier alpha value is -2.15. The summed E-state index contributed by atoms with van der Waals surface area (Å²) in [4.78, 5) is 38.3. The molecule has 0 fully saturated rings. The zero-order valence-electron chi connectivity index (χ0n) is 18.4. The van der Waals surface area contributed by atoms with E-state index in [-0.39, 0.29) is 11.3 Å². The minimum atomic E-state index is -0.978. The van der Waals surface area contributed by atoms with Crippen molar-refractivity contribution in [2.24, 2.45) is 23.2 Å². The van der Waals surface area contributed by atoms with Crippen molar-refractivity contribution in [1.29, 1.82) is 0 Å². The molecule has 0 spiro atoms. The van der Waals surface area contributed by atoms with Gasteiger partial charge in [-0.2, -0.15) is 0 Å². The third-order valence-electron chi connectivity index (χ3n) is 6.84. The summed E-state index contributed by atoms with van der Waals surface area (Å²) >= 11 is 1.61. The molecule has 0 saturated carbocycles. The van der Waals surface area contributed by atoms with Crippen molar-refractivity contribution in [2.45, 2.75) is 66.7 Å². The van der Waals surface area contributed by atoms with Crippen molar-refractivity contribution in [3.8, 4) is 0 Å². The molecule has 1 heterocycles. The first-order chi connectivity index (χ1) is 14.0. The van der Waals surface area contributed by atoms with Crippen molar-refractivity contribution in [3.63, 3.8) is 0 Å². The van der Waals surface area contributed by atoms with E-state index >= 15 is 0 Å². The molecule has 1 aromatic heterocycles. The van der Waals surface area contributed by atoms with E-state index < -0.39 is 23.7 Å². The normalized spacial score (nSPS) is 24.2. The lowest BCUT2D eigenvalue weighted by molar-refractivity contribution is -0.147. The standard InChI is InChI=1S/C23H32N2O4S/c1-12-8-16(17(22(28)29)9-13(12)2)20(26)24-25-21(27)18-11-30-19-10-14(23(3,4)5)6-7-15(18)19/h11,14,16-17H,6-10H2,1-5H3,(H,24,26)(H,25,27)(H,28,29)/t14-,16+,17-/m0/s1. The van der Waals surface area contributed by atoms with Gasteiger partial charge in [-0.15, -0.1) is 11.3 Å². The van der Waals surface area contributed by atoms with Gasteiger partial charge in [-0.1, -0.05) is 31.9 Å². The Balaban J connectivity index is 1.65. The maximum Gasteiger partial charge on any atom is 0.307 e. The molecule has 0 bridgehead atoms. The van der Waals surface area contributed by atoms with E-state index in [1.165, 1.54) is 4.88 Å². The average Bonchev–Trinajstić information content (AvgIpc) is 3.10. The summed E-state index contributed by atoms with van der Waals surface area (Å²) in [6.45, 7) is 10.6. The molecule has 6 nitrogen and oxygen atoms in total. The predicted molar refractivity (Wildman–Crippen MR) is 117 cm³/mol. The van der Waals surface area contributed by atoms with Crippen LogP contribution in [-0.4, -0.2) is 22.9 Å². The van der Waals surface area contributed by atoms with E-state index in [4.69, 9.17) is 0 Å². The lowest BCUT2D eigenvalue weighted by Crippen LogP contribution is -2.48. The molecule has 2 amide bonds. The quantitative estimate of drug-likeness (QED) is 0.495. The molecular formula is C23H32N2O4S. The first kappa shape index (κ1) is 22.5. The molecule has 0 saturated heterocycles. The topological polar surface area (TPSA) is 95.5 Å². The van der Waals surface area contributed by atoms with Gasteiger partial charge in [0, 0.05) is 10.3 Å². The summed E-state index contributed by atoms with van der Waals surface area (Å²) in [5.41, 5.74) is 9.01. The number of aliphatic carboxylic acids is 1. The average molecular weight is 433 g/mol. The molecule has 0 unspecified atom stereocenters. The molecule has 7 heteroatoms. The van der Waals surface area contributed by atoms with Crippen LogP contribution < -0.4 is 10.9 Å². The largest absolute Gasteiger partial charge is 0.481 e. The van der Waals surface area contributed by atoms with Gasteiger partial charge in [0.25, 0.3) is 5.91 Å². The van der Waals surface area contributed by atoms with Crippen LogP contribution in [0.15, 0.2) is 16.5 Å². The van der Waals surface area contributed by atoms with Crippen molar-refractivity contribution >= 4 is 29.1 Å². The molecule has 30 heavy (non-hydrogen) atoms. The van der Waals surface area contributed by atoms with E-state index in [9.17, 15) is 19.5 Å². The van der Waals surface area contributed by atoms with Gasteiger partial charge in [0.1, 0.15) is 0 Å². The summed E-state index contributed by atoms with van der Waals surface area (Å²) in [6.07, 6.45) is 3.65. The van der Waals surface area contributed by atoms with Crippen LogP contribution in [-0.2, 0) is 22.4 Å². The van der Waals surface area contributed by atoms with Crippen molar-refractivity contribution < 1.29 is 19.5 Å². The molecule has 0 aliphatic heterocycles. The summed E-state index contributed by atoms with van der Waals surface area (Å²) < 4.78 is 0. The van der Waals surface area contributed by atoms with E-state index in [0.29, 0.717) is 24.3 Å². The SMILES string of the molecule is CC1=C(C)C[C@@H](C(=O)NNC(=O)c2csc3c2CC[C@H](C(C)(C)C)C3)[C@@H](C(=O)O)C1. The monoisotopic (exact) mass is 432 g/mol. The Bertz CT molecular complexity index is 894. The molecular weight excluding hydrogens is 400 g/mol. The number of nitrogens with one attached hydrogen (secondary N) is 2. The van der Waals surface area contributed by atoms with Gasteiger partial charge in [-0.05, 0) is 62.8 Å². The van der Waals surface area contributed by atoms with Gasteiger partial charge in [0.05, 0.1) is 17.4 Å². The van der Waals surface area contributed by atoms with Crippen LogP contribution >= 0.6 is 11.3 Å². The molecule has 3 N–H and O–H groups in total. The maximum atomic E-state index is 12.7. The molecule has 0 aromatic carbocycles. The number of carbonyl (C=O) groups excluding carboxylic acids is 2. The zero-order valence-corrected chi connectivity index (χ0v) is 19.2. The number of hydrazine groups is 1. The molecule has 2 aliphatic carbocycles. The van der Waals surface area contributed by atoms with Gasteiger partial charge in [0.15, 0.2) is 0 Å². The van der Waals surface area contributed by atoms with Gasteiger partial charge in [-0.3, -0.25) is 25.2 Å². The molecule has 2 aliphatic rings. The Morgan fingerprint density at radius 2 is 1.67 bits per heavy atom. The number of carbonyl (C=O) groups is 3. The second-order valence-electron chi connectivity index (χ2n) is 9.82. The maximum absolute atomic E-state index is 12.7. The predicted octanol–water partition coefficient (Wildman–Crippen LogP) is 4.11. The van der Waals surface area contributed by atoms with Gasteiger partial charge >= 0.3 is 5.97 Å². The van der Waals surface area contributed by atoms with Crippen LogP contribution in [0, 0.1) is 23.2 Å². The summed E-state index contributed by atoms with van der Waals surface area (Å²) in [5, 5.41) is 11.4. The Morgan fingerprint density at radius 1 is 1.03 bits per heavy atom. The minimum absolute atomic E-state index is 0.240. The fourth-order valence-corrected chi connectivity index (χ4v) is 5.71. The molecule has 164 valence electrons. The Kier molecular flexibility index (Phi) is 6.41. The van der Waals surface area contributed by atoms with E-state index in [2.05, 4.69) is 31.6 Å². The lowest BCUT2D eigenvalue weighted by atomic mass is 9.72. The van der Waals surface area contributed by atoms with Crippen molar-refractivity contribution in [3.05, 3.63) is 32.5 Å². The van der Waals surface area contributed by atoms with E-state index in [1.807, 2.05) is 19.2 Å². The van der Waals surface area contributed by atoms with Gasteiger partial charge in [-0.25, -0.2) is 0 Å². The summed E-state index contributed by atoms with van der Waals surface area (Å²) in [6, 6.07) is 0. The van der Waals surface area contributed by atoms with Crippen molar-refractivity contribution in [1.82, 2.24) is 10.9 Å². The van der Waals surface area contributed by atoms with Crippen LogP contribution in [0.3, 0.4) is 0 Å². The second-order valence-corrected chi connectivity index (χ2v) is 10.8. The summed E-state index contributed by atoms with van der Waals surface area (Å²) in [5.74, 6) is -2.61. The number of thiophene rings is 1. The summed E-state index contributed by atoms with van der Waals surface area (Å²) in [7, 11) is 0. The highest BCUT2D eigenvalue weighted by atomic mass is 32.1.